The van der Waals surface area contributed by atoms with Crippen molar-refractivity contribution in [1.82, 2.24) is 19.6 Å². The maximum absolute atomic E-state index is 12.0. The van der Waals surface area contributed by atoms with Gasteiger partial charge in [-0.3, -0.25) is 14.3 Å². The highest BCUT2D eigenvalue weighted by Crippen LogP contribution is 2.30. The van der Waals surface area contributed by atoms with E-state index in [9.17, 15) is 9.59 Å². The zero-order valence-corrected chi connectivity index (χ0v) is 13.5. The third kappa shape index (κ3) is 3.44. The summed E-state index contributed by atoms with van der Waals surface area (Å²) in [5.74, 6) is 0.803. The number of aryl methyl sites for hydroxylation is 2. The average molecular weight is 318 g/mol. The van der Waals surface area contributed by atoms with Gasteiger partial charge < -0.3 is 9.51 Å². The molecule has 23 heavy (non-hydrogen) atoms. The number of likely N-dealkylation sites (tertiary alicyclic amines) is 1. The van der Waals surface area contributed by atoms with E-state index in [4.69, 9.17) is 4.52 Å². The number of aromatic amines is 1. The molecule has 1 aliphatic rings. The number of aromatic nitrogens is 3. The first-order valence-electron chi connectivity index (χ1n) is 8.02. The topological polar surface area (TPSA) is 84.1 Å². The molecule has 1 saturated heterocycles. The van der Waals surface area contributed by atoms with Gasteiger partial charge in [-0.05, 0) is 33.2 Å². The molecule has 1 atom stereocenters. The second-order valence-electron chi connectivity index (χ2n) is 6.16. The predicted octanol–water partition coefficient (Wildman–Crippen LogP) is 1.37. The summed E-state index contributed by atoms with van der Waals surface area (Å²) in [7, 11) is 0. The van der Waals surface area contributed by atoms with E-state index in [0.717, 1.165) is 37.3 Å². The molecule has 0 bridgehead atoms. The van der Waals surface area contributed by atoms with Gasteiger partial charge in [-0.25, -0.2) is 4.79 Å². The highest BCUT2D eigenvalue weighted by Gasteiger charge is 2.26. The van der Waals surface area contributed by atoms with Gasteiger partial charge in [0.1, 0.15) is 11.5 Å². The minimum atomic E-state index is -0.346. The van der Waals surface area contributed by atoms with Crippen molar-refractivity contribution in [3.8, 4) is 0 Å². The van der Waals surface area contributed by atoms with Crippen molar-refractivity contribution in [2.75, 3.05) is 13.1 Å². The van der Waals surface area contributed by atoms with Gasteiger partial charge >= 0.3 is 5.69 Å². The molecule has 0 saturated carbocycles. The minimum Gasteiger partial charge on any atom is -0.361 e. The summed E-state index contributed by atoms with van der Waals surface area (Å²) >= 11 is 0. The van der Waals surface area contributed by atoms with Gasteiger partial charge in [-0.15, -0.1) is 0 Å². The van der Waals surface area contributed by atoms with E-state index in [1.807, 2.05) is 13.0 Å². The standard InChI is InChI=1S/C16H22N4O3/c1-11-9-15(21)20(16(22)17-11)8-7-19-6-4-3-5-14(19)13-10-12(2)23-18-13/h9-10,14H,3-8H2,1-2H3,(H,17,22)/t14-/m0/s1. The monoisotopic (exact) mass is 318 g/mol. The quantitative estimate of drug-likeness (QED) is 0.920. The van der Waals surface area contributed by atoms with E-state index in [1.165, 1.54) is 10.6 Å². The molecule has 2 aromatic rings. The van der Waals surface area contributed by atoms with Gasteiger partial charge in [0.2, 0.25) is 0 Å². The molecule has 0 spiro atoms. The van der Waals surface area contributed by atoms with Crippen LogP contribution in [0.2, 0.25) is 0 Å². The number of nitrogens with zero attached hydrogens (tertiary/aromatic N) is 3. The fourth-order valence-electron chi connectivity index (χ4n) is 3.21. The second kappa shape index (κ2) is 6.54. The molecular weight excluding hydrogens is 296 g/mol. The third-order valence-corrected chi connectivity index (χ3v) is 4.37. The first-order chi connectivity index (χ1) is 11.0. The Bertz CT molecular complexity index is 758. The Morgan fingerprint density at radius 1 is 1.26 bits per heavy atom. The van der Waals surface area contributed by atoms with Gasteiger partial charge in [-0.1, -0.05) is 11.6 Å². The largest absolute Gasteiger partial charge is 0.361 e. The molecule has 124 valence electrons. The maximum atomic E-state index is 12.0. The van der Waals surface area contributed by atoms with Crippen LogP contribution >= 0.6 is 0 Å². The molecule has 0 amide bonds. The van der Waals surface area contributed by atoms with Crippen LogP contribution in [0.3, 0.4) is 0 Å². The molecule has 0 aromatic carbocycles. The number of hydrogen-bond donors (Lipinski definition) is 1. The fourth-order valence-corrected chi connectivity index (χ4v) is 3.21. The van der Waals surface area contributed by atoms with E-state index in [0.29, 0.717) is 18.8 Å². The van der Waals surface area contributed by atoms with Crippen LogP contribution in [0.1, 0.15) is 42.5 Å². The van der Waals surface area contributed by atoms with Crippen molar-refractivity contribution < 1.29 is 4.52 Å². The summed E-state index contributed by atoms with van der Waals surface area (Å²) in [4.78, 5) is 28.9. The van der Waals surface area contributed by atoms with E-state index in [-0.39, 0.29) is 17.3 Å². The Hall–Kier alpha value is -2.15. The highest BCUT2D eigenvalue weighted by molar-refractivity contribution is 5.10. The van der Waals surface area contributed by atoms with Crippen LogP contribution in [0.15, 0.2) is 26.2 Å². The number of piperidine rings is 1. The molecule has 1 aliphatic heterocycles. The Kier molecular flexibility index (Phi) is 4.47. The van der Waals surface area contributed by atoms with Gasteiger partial charge in [0.15, 0.2) is 0 Å². The van der Waals surface area contributed by atoms with Crippen molar-refractivity contribution in [3.05, 3.63) is 50.1 Å². The number of rotatable bonds is 4. The Morgan fingerprint density at radius 3 is 2.78 bits per heavy atom. The summed E-state index contributed by atoms with van der Waals surface area (Å²) in [5.41, 5.74) is 0.926. The minimum absolute atomic E-state index is 0.196. The number of hydrogen-bond acceptors (Lipinski definition) is 5. The number of H-pyrrole nitrogens is 1. The molecule has 2 aromatic heterocycles. The fraction of sp³-hybridized carbons (Fsp3) is 0.562. The van der Waals surface area contributed by atoms with E-state index in [1.54, 1.807) is 6.92 Å². The summed E-state index contributed by atoms with van der Waals surface area (Å²) < 4.78 is 6.45. The average Bonchev–Trinajstić information content (AvgIpc) is 2.93. The lowest BCUT2D eigenvalue weighted by Crippen LogP contribution is -2.41. The smallest absolute Gasteiger partial charge is 0.328 e. The first-order valence-corrected chi connectivity index (χ1v) is 8.02. The molecule has 0 unspecified atom stereocenters. The molecule has 7 heteroatoms. The van der Waals surface area contributed by atoms with E-state index >= 15 is 0 Å². The third-order valence-electron chi connectivity index (χ3n) is 4.37. The van der Waals surface area contributed by atoms with Crippen LogP contribution < -0.4 is 11.2 Å². The lowest BCUT2D eigenvalue weighted by molar-refractivity contribution is 0.135. The van der Waals surface area contributed by atoms with Crippen LogP contribution in [0.25, 0.3) is 0 Å². The SMILES string of the molecule is Cc1cc(=O)n(CCN2CCCC[C@H]2c2cc(C)on2)c(=O)[nH]1. The van der Waals surface area contributed by atoms with Crippen molar-refractivity contribution in [3.63, 3.8) is 0 Å². The van der Waals surface area contributed by atoms with Gasteiger partial charge in [-0.2, -0.15) is 0 Å². The van der Waals surface area contributed by atoms with Crippen molar-refractivity contribution >= 4 is 0 Å². The van der Waals surface area contributed by atoms with Crippen LogP contribution in [-0.4, -0.2) is 32.7 Å². The van der Waals surface area contributed by atoms with Gasteiger partial charge in [0.05, 0.1) is 6.04 Å². The Labute approximate surface area is 133 Å². The summed E-state index contributed by atoms with van der Waals surface area (Å²) in [5, 5.41) is 4.14. The molecule has 3 rings (SSSR count). The molecular formula is C16H22N4O3. The number of nitrogens with one attached hydrogen (secondary N) is 1. The highest BCUT2D eigenvalue weighted by atomic mass is 16.5. The van der Waals surface area contributed by atoms with Gasteiger partial charge in [0, 0.05) is 30.9 Å². The van der Waals surface area contributed by atoms with Crippen molar-refractivity contribution in [1.29, 1.82) is 0 Å². The zero-order chi connectivity index (χ0) is 16.4. The van der Waals surface area contributed by atoms with Crippen LogP contribution in [0.5, 0.6) is 0 Å². The lowest BCUT2D eigenvalue weighted by atomic mass is 9.99. The molecule has 1 N–H and O–H groups in total. The molecule has 3 heterocycles. The predicted molar refractivity (Wildman–Crippen MR) is 85.5 cm³/mol. The molecule has 0 radical (unpaired) electrons. The van der Waals surface area contributed by atoms with Gasteiger partial charge in [0.25, 0.3) is 5.56 Å². The summed E-state index contributed by atoms with van der Waals surface area (Å²) in [6.07, 6.45) is 3.29. The first kappa shape index (κ1) is 15.7. The normalized spacial score (nSPS) is 19.1. The molecule has 1 fully saturated rings. The van der Waals surface area contributed by atoms with Crippen LogP contribution in [0.4, 0.5) is 0 Å². The molecule has 7 nitrogen and oxygen atoms in total. The van der Waals surface area contributed by atoms with E-state index in [2.05, 4.69) is 15.0 Å². The summed E-state index contributed by atoms with van der Waals surface area (Å²) in [6.45, 7) is 5.55. The zero-order valence-electron chi connectivity index (χ0n) is 13.5. The Balaban J connectivity index is 1.76. The second-order valence-corrected chi connectivity index (χ2v) is 6.16. The van der Waals surface area contributed by atoms with E-state index < -0.39 is 0 Å². The molecule has 0 aliphatic carbocycles. The summed E-state index contributed by atoms with van der Waals surface area (Å²) in [6, 6.07) is 3.62. The lowest BCUT2D eigenvalue weighted by Gasteiger charge is -2.34. The van der Waals surface area contributed by atoms with Crippen molar-refractivity contribution in [2.45, 2.75) is 45.7 Å². The van der Waals surface area contributed by atoms with Crippen LogP contribution in [-0.2, 0) is 6.54 Å². The maximum Gasteiger partial charge on any atom is 0.328 e. The Morgan fingerprint density at radius 2 is 2.09 bits per heavy atom. The van der Waals surface area contributed by atoms with Crippen molar-refractivity contribution in [2.24, 2.45) is 0 Å². The van der Waals surface area contributed by atoms with Crippen LogP contribution in [0, 0.1) is 13.8 Å².